The summed E-state index contributed by atoms with van der Waals surface area (Å²) in [5.74, 6) is -0.165. The first kappa shape index (κ1) is 23.6. The zero-order chi connectivity index (χ0) is 22.4. The summed E-state index contributed by atoms with van der Waals surface area (Å²) in [5.41, 5.74) is 1.94. The van der Waals surface area contributed by atoms with Crippen molar-refractivity contribution in [3.05, 3.63) is 46.5 Å². The number of carbonyl (C=O) groups is 1. The van der Waals surface area contributed by atoms with Crippen LogP contribution in [0.4, 0.5) is 0 Å². The van der Waals surface area contributed by atoms with E-state index in [-0.39, 0.29) is 35.0 Å². The van der Waals surface area contributed by atoms with Gasteiger partial charge in [0.15, 0.2) is 5.78 Å². The lowest BCUT2D eigenvalue weighted by Gasteiger charge is -2.14. The molecule has 0 unspecified atom stereocenters. The Hall–Kier alpha value is -2.69. The molecule has 0 saturated carbocycles. The maximum atomic E-state index is 12.8. The van der Waals surface area contributed by atoms with Crippen LogP contribution >= 0.6 is 0 Å². The summed E-state index contributed by atoms with van der Waals surface area (Å²) in [4.78, 5) is 12.8. The van der Waals surface area contributed by atoms with Gasteiger partial charge in [-0.25, -0.2) is 0 Å². The van der Waals surface area contributed by atoms with Crippen LogP contribution in [0.2, 0.25) is 0 Å². The predicted molar refractivity (Wildman–Crippen MR) is 119 cm³/mol. The number of phenols is 4. The first-order valence-corrected chi connectivity index (χ1v) is 10.7. The number of aryl methyl sites for hydroxylation is 2. The minimum absolute atomic E-state index is 0.101. The summed E-state index contributed by atoms with van der Waals surface area (Å²) in [6.07, 6.45) is 3.42. The van der Waals surface area contributed by atoms with Crippen LogP contribution in [0.3, 0.4) is 0 Å². The van der Waals surface area contributed by atoms with E-state index in [4.69, 9.17) is 0 Å². The van der Waals surface area contributed by atoms with Crippen LogP contribution in [0.1, 0.15) is 74.0 Å². The number of aromatic hydroxyl groups is 4. The highest BCUT2D eigenvalue weighted by Crippen LogP contribution is 2.39. The molecular formula is C25H34O5. The van der Waals surface area contributed by atoms with Gasteiger partial charge in [-0.2, -0.15) is 0 Å². The molecule has 0 aliphatic carbocycles. The van der Waals surface area contributed by atoms with Gasteiger partial charge in [0.2, 0.25) is 0 Å². The summed E-state index contributed by atoms with van der Waals surface area (Å²) in [6, 6.07) is 6.48. The molecule has 0 aromatic heterocycles. The molecule has 0 amide bonds. The first-order valence-electron chi connectivity index (χ1n) is 10.7. The van der Waals surface area contributed by atoms with Gasteiger partial charge in [0, 0.05) is 18.1 Å². The molecule has 5 heteroatoms. The Bertz CT molecular complexity index is 884. The van der Waals surface area contributed by atoms with Crippen LogP contribution in [0.15, 0.2) is 24.3 Å². The van der Waals surface area contributed by atoms with Gasteiger partial charge < -0.3 is 20.4 Å². The van der Waals surface area contributed by atoms with E-state index >= 15 is 0 Å². The van der Waals surface area contributed by atoms with Gasteiger partial charge in [-0.15, -0.1) is 0 Å². The zero-order valence-corrected chi connectivity index (χ0v) is 18.4. The summed E-state index contributed by atoms with van der Waals surface area (Å²) < 4.78 is 0. The lowest BCUT2D eigenvalue weighted by molar-refractivity contribution is 0.0977. The van der Waals surface area contributed by atoms with Crippen molar-refractivity contribution in [3.63, 3.8) is 0 Å². The number of hydrogen-bond acceptors (Lipinski definition) is 5. The van der Waals surface area contributed by atoms with E-state index in [1.54, 1.807) is 12.1 Å². The highest BCUT2D eigenvalue weighted by molar-refractivity contribution is 6.02. The molecule has 0 saturated heterocycles. The molecule has 0 spiro atoms. The second-order valence-electron chi connectivity index (χ2n) is 8.87. The Morgan fingerprint density at radius 2 is 1.43 bits per heavy atom. The van der Waals surface area contributed by atoms with Crippen molar-refractivity contribution < 1.29 is 25.2 Å². The first-order chi connectivity index (χ1) is 14.1. The van der Waals surface area contributed by atoms with Crippen molar-refractivity contribution in [1.82, 2.24) is 0 Å². The molecule has 0 aliphatic heterocycles. The molecular weight excluding hydrogens is 380 g/mol. The van der Waals surface area contributed by atoms with Crippen LogP contribution in [-0.2, 0) is 19.3 Å². The second kappa shape index (κ2) is 10.4. The van der Waals surface area contributed by atoms with E-state index in [1.807, 2.05) is 19.9 Å². The molecule has 0 atom stereocenters. The van der Waals surface area contributed by atoms with Crippen molar-refractivity contribution in [1.29, 1.82) is 0 Å². The van der Waals surface area contributed by atoms with Crippen molar-refractivity contribution in [2.45, 2.75) is 66.2 Å². The maximum Gasteiger partial charge on any atom is 0.170 e. The van der Waals surface area contributed by atoms with E-state index in [0.717, 1.165) is 36.5 Å². The van der Waals surface area contributed by atoms with E-state index in [1.165, 1.54) is 0 Å². The summed E-state index contributed by atoms with van der Waals surface area (Å²) in [7, 11) is 0. The van der Waals surface area contributed by atoms with Gasteiger partial charge in [-0.05, 0) is 61.1 Å². The molecule has 2 aromatic rings. The molecule has 4 N–H and O–H groups in total. The molecule has 0 fully saturated rings. The highest BCUT2D eigenvalue weighted by Gasteiger charge is 2.22. The minimum atomic E-state index is -0.411. The number of Topliss-reactive ketones (excluding diaryl/α,β-unsaturated/α-hetero) is 1. The largest absolute Gasteiger partial charge is 0.508 e. The number of carbonyl (C=O) groups excluding carboxylic acids is 1. The fraction of sp³-hybridized carbons (Fsp3) is 0.480. The van der Waals surface area contributed by atoms with Crippen molar-refractivity contribution in [3.8, 4) is 23.0 Å². The summed E-state index contributed by atoms with van der Waals surface area (Å²) in [6.45, 7) is 8.33. The highest BCUT2D eigenvalue weighted by atomic mass is 16.3. The second-order valence-corrected chi connectivity index (χ2v) is 8.87. The summed E-state index contributed by atoms with van der Waals surface area (Å²) >= 11 is 0. The Kier molecular flexibility index (Phi) is 8.16. The van der Waals surface area contributed by atoms with Gasteiger partial charge in [-0.1, -0.05) is 39.8 Å². The Morgan fingerprint density at radius 3 is 2.07 bits per heavy atom. The van der Waals surface area contributed by atoms with E-state index in [0.29, 0.717) is 30.2 Å². The molecule has 164 valence electrons. The average Bonchev–Trinajstić information content (AvgIpc) is 2.65. The topological polar surface area (TPSA) is 98.0 Å². The van der Waals surface area contributed by atoms with Crippen LogP contribution < -0.4 is 0 Å². The Balaban J connectivity index is 2.16. The molecule has 0 radical (unpaired) electrons. The average molecular weight is 415 g/mol. The van der Waals surface area contributed by atoms with Crippen LogP contribution in [0, 0.1) is 11.8 Å². The van der Waals surface area contributed by atoms with Crippen LogP contribution in [-0.4, -0.2) is 26.2 Å². The normalized spacial score (nSPS) is 11.4. The number of rotatable bonds is 10. The van der Waals surface area contributed by atoms with Gasteiger partial charge in [0.25, 0.3) is 0 Å². The molecule has 0 bridgehead atoms. The minimum Gasteiger partial charge on any atom is -0.508 e. The number of ketones is 1. The van der Waals surface area contributed by atoms with Crippen molar-refractivity contribution >= 4 is 5.78 Å². The van der Waals surface area contributed by atoms with Gasteiger partial charge in [0.1, 0.15) is 28.6 Å². The molecule has 5 nitrogen and oxygen atoms in total. The van der Waals surface area contributed by atoms with E-state index in [2.05, 4.69) is 13.8 Å². The lowest BCUT2D eigenvalue weighted by atomic mass is 9.94. The van der Waals surface area contributed by atoms with Gasteiger partial charge >= 0.3 is 0 Å². The molecule has 30 heavy (non-hydrogen) atoms. The quantitative estimate of drug-likeness (QED) is 0.385. The summed E-state index contributed by atoms with van der Waals surface area (Å²) in [5, 5.41) is 40.9. The molecule has 0 aliphatic rings. The standard InChI is InChI=1S/C25H34O5/c1-15(2)5-9-18-13-17(7-11-20(18)26)8-12-21(27)24-23(29)14-22(28)19(25(24)30)10-6-16(3)4/h7,11,13-16,26,28-30H,5-6,8-10,12H2,1-4H3. The van der Waals surface area contributed by atoms with Gasteiger partial charge in [-0.3, -0.25) is 4.79 Å². The molecule has 2 aromatic carbocycles. The van der Waals surface area contributed by atoms with Crippen LogP contribution in [0.25, 0.3) is 0 Å². The third kappa shape index (κ3) is 6.15. The third-order valence-corrected chi connectivity index (χ3v) is 5.39. The Labute approximate surface area is 179 Å². The fourth-order valence-electron chi connectivity index (χ4n) is 3.46. The number of benzene rings is 2. The molecule has 2 rings (SSSR count). The number of hydrogen-bond donors (Lipinski definition) is 4. The fourth-order valence-corrected chi connectivity index (χ4v) is 3.46. The predicted octanol–water partition coefficient (Wildman–Crippen LogP) is 5.50. The SMILES string of the molecule is CC(C)CCc1cc(CCC(=O)c2c(O)cc(O)c(CCC(C)C)c2O)ccc1O. The molecule has 0 heterocycles. The zero-order valence-electron chi connectivity index (χ0n) is 18.4. The van der Waals surface area contributed by atoms with Gasteiger partial charge in [0.05, 0.1) is 0 Å². The maximum absolute atomic E-state index is 12.8. The van der Waals surface area contributed by atoms with Crippen LogP contribution in [0.5, 0.6) is 23.0 Å². The smallest absolute Gasteiger partial charge is 0.170 e. The van der Waals surface area contributed by atoms with Crippen molar-refractivity contribution in [2.75, 3.05) is 0 Å². The third-order valence-electron chi connectivity index (χ3n) is 5.39. The number of phenolic OH excluding ortho intramolecular Hbond substituents is 4. The van der Waals surface area contributed by atoms with E-state index < -0.39 is 5.75 Å². The monoisotopic (exact) mass is 414 g/mol. The van der Waals surface area contributed by atoms with E-state index in [9.17, 15) is 25.2 Å². The lowest BCUT2D eigenvalue weighted by Crippen LogP contribution is -2.05. The Morgan fingerprint density at radius 1 is 0.800 bits per heavy atom. The van der Waals surface area contributed by atoms with Crippen molar-refractivity contribution in [2.24, 2.45) is 11.8 Å².